The molecule has 1 amide bonds. The Hall–Kier alpha value is -4.92. The predicted molar refractivity (Wildman–Crippen MR) is 136 cm³/mol. The standard InChI is InChI=1S/C13H12N2O2.C7H9N.C6H5NO3/c1-9-4-6-10(7-5-9)15-13(17)11-3-2-8-14-12(11)16;1-6-2-4-7(8)5-3-6;8-5-4(6(9)10)2-1-3-7-5/h2-8H,1H3,(H,14,16)(H,15,17);2-5H,8H2,1H3;1-3H,(H,7,8)(H,9,10). The highest BCUT2D eigenvalue weighted by molar-refractivity contribution is 6.03. The van der Waals surface area contributed by atoms with Gasteiger partial charge in [0.15, 0.2) is 0 Å². The van der Waals surface area contributed by atoms with E-state index in [0.717, 1.165) is 11.3 Å². The zero-order valence-electron chi connectivity index (χ0n) is 19.2. The third-order valence-corrected chi connectivity index (χ3v) is 4.50. The van der Waals surface area contributed by atoms with Gasteiger partial charge in [0.05, 0.1) is 0 Å². The van der Waals surface area contributed by atoms with Gasteiger partial charge in [-0.1, -0.05) is 35.4 Å². The van der Waals surface area contributed by atoms with E-state index in [1.54, 1.807) is 18.2 Å². The lowest BCUT2D eigenvalue weighted by molar-refractivity contribution is 0.0694. The van der Waals surface area contributed by atoms with Gasteiger partial charge in [0.25, 0.3) is 17.0 Å². The molecule has 2 heterocycles. The molecule has 0 atom stereocenters. The van der Waals surface area contributed by atoms with Crippen molar-refractivity contribution in [1.29, 1.82) is 0 Å². The van der Waals surface area contributed by atoms with Crippen molar-refractivity contribution in [3.05, 3.63) is 128 Å². The van der Waals surface area contributed by atoms with Gasteiger partial charge in [-0.2, -0.15) is 0 Å². The molecule has 0 spiro atoms. The van der Waals surface area contributed by atoms with Crippen molar-refractivity contribution in [2.75, 3.05) is 11.1 Å². The van der Waals surface area contributed by atoms with E-state index in [0.29, 0.717) is 5.69 Å². The largest absolute Gasteiger partial charge is 0.477 e. The maximum atomic E-state index is 11.8. The molecule has 0 aliphatic rings. The van der Waals surface area contributed by atoms with E-state index in [-0.39, 0.29) is 11.1 Å². The number of carboxylic acid groups (broad SMARTS) is 1. The Morgan fingerprint density at radius 3 is 1.60 bits per heavy atom. The average Bonchev–Trinajstić information content (AvgIpc) is 2.83. The molecule has 2 aromatic heterocycles. The molecule has 0 saturated carbocycles. The average molecular weight is 475 g/mol. The van der Waals surface area contributed by atoms with Crippen molar-refractivity contribution in [3.63, 3.8) is 0 Å². The molecule has 180 valence electrons. The summed E-state index contributed by atoms with van der Waals surface area (Å²) in [5.41, 5.74) is 8.19. The second kappa shape index (κ2) is 12.9. The number of hydrogen-bond donors (Lipinski definition) is 5. The molecular formula is C26H26N4O5. The third-order valence-electron chi connectivity index (χ3n) is 4.50. The van der Waals surface area contributed by atoms with Crippen LogP contribution in [0, 0.1) is 13.8 Å². The number of nitrogen functional groups attached to an aromatic ring is 1. The Labute approximate surface area is 201 Å². The number of anilines is 2. The monoisotopic (exact) mass is 474 g/mol. The van der Waals surface area contributed by atoms with Crippen LogP contribution in [0.3, 0.4) is 0 Å². The summed E-state index contributed by atoms with van der Waals surface area (Å²) in [5, 5.41) is 11.0. The van der Waals surface area contributed by atoms with Gasteiger partial charge < -0.3 is 26.1 Å². The van der Waals surface area contributed by atoms with Crippen molar-refractivity contribution in [2.45, 2.75) is 13.8 Å². The van der Waals surface area contributed by atoms with Crippen molar-refractivity contribution in [3.8, 4) is 0 Å². The molecule has 6 N–H and O–H groups in total. The molecule has 0 aliphatic carbocycles. The van der Waals surface area contributed by atoms with Crippen LogP contribution in [0.25, 0.3) is 0 Å². The van der Waals surface area contributed by atoms with E-state index in [4.69, 9.17) is 10.8 Å². The van der Waals surface area contributed by atoms with Gasteiger partial charge in [0.1, 0.15) is 11.1 Å². The number of aromatic nitrogens is 2. The molecule has 9 nitrogen and oxygen atoms in total. The molecule has 35 heavy (non-hydrogen) atoms. The number of H-pyrrole nitrogens is 2. The highest BCUT2D eigenvalue weighted by Gasteiger charge is 2.09. The molecule has 0 unspecified atom stereocenters. The van der Waals surface area contributed by atoms with Crippen LogP contribution in [0.2, 0.25) is 0 Å². The molecule has 0 bridgehead atoms. The van der Waals surface area contributed by atoms with Crippen molar-refractivity contribution in [2.24, 2.45) is 0 Å². The van der Waals surface area contributed by atoms with Gasteiger partial charge in [0, 0.05) is 23.8 Å². The van der Waals surface area contributed by atoms with Crippen LogP contribution in [0.5, 0.6) is 0 Å². The Bertz CT molecular complexity index is 1350. The number of nitrogens with two attached hydrogens (primary N) is 1. The molecule has 0 aliphatic heterocycles. The number of rotatable bonds is 3. The molecule has 4 aromatic rings. The van der Waals surface area contributed by atoms with Crippen LogP contribution in [-0.4, -0.2) is 27.0 Å². The van der Waals surface area contributed by atoms with Gasteiger partial charge in [-0.05, 0) is 62.4 Å². The van der Waals surface area contributed by atoms with Crippen LogP contribution >= 0.6 is 0 Å². The van der Waals surface area contributed by atoms with E-state index in [2.05, 4.69) is 15.3 Å². The molecular weight excluding hydrogens is 448 g/mol. The summed E-state index contributed by atoms with van der Waals surface area (Å²) >= 11 is 0. The first kappa shape index (κ1) is 26.3. The lowest BCUT2D eigenvalue weighted by Crippen LogP contribution is -2.22. The summed E-state index contributed by atoms with van der Waals surface area (Å²) in [6.45, 7) is 4.01. The SMILES string of the molecule is Cc1ccc(N)cc1.Cc1ccc(NC(=O)c2ccc[nH]c2=O)cc1.O=C(O)c1ccc[nH]c1=O. The smallest absolute Gasteiger partial charge is 0.341 e. The van der Waals surface area contributed by atoms with Crippen molar-refractivity contribution >= 4 is 23.3 Å². The number of benzene rings is 2. The lowest BCUT2D eigenvalue weighted by atomic mass is 10.2. The number of aromatic carboxylic acids is 1. The zero-order valence-corrected chi connectivity index (χ0v) is 19.2. The maximum absolute atomic E-state index is 11.8. The second-order valence-electron chi connectivity index (χ2n) is 7.36. The summed E-state index contributed by atoms with van der Waals surface area (Å²) in [6.07, 6.45) is 2.87. The Morgan fingerprint density at radius 1 is 0.743 bits per heavy atom. The van der Waals surface area contributed by atoms with Crippen LogP contribution in [0.15, 0.2) is 94.8 Å². The Morgan fingerprint density at radius 2 is 1.20 bits per heavy atom. The van der Waals surface area contributed by atoms with Gasteiger partial charge in [-0.25, -0.2) is 4.79 Å². The molecule has 0 saturated heterocycles. The fraction of sp³-hybridized carbons (Fsp3) is 0.0769. The Balaban J connectivity index is 0.000000204. The number of aryl methyl sites for hydroxylation is 2. The van der Waals surface area contributed by atoms with E-state index >= 15 is 0 Å². The minimum absolute atomic E-state index is 0.105. The maximum Gasteiger partial charge on any atom is 0.341 e. The van der Waals surface area contributed by atoms with E-state index < -0.39 is 23.0 Å². The molecule has 2 aromatic carbocycles. The van der Waals surface area contributed by atoms with Gasteiger partial charge in [-0.15, -0.1) is 0 Å². The molecule has 0 fully saturated rings. The predicted octanol–water partition coefficient (Wildman–Crippen LogP) is 3.59. The molecule has 0 radical (unpaired) electrons. The number of nitrogens with one attached hydrogen (secondary N) is 3. The fourth-order valence-electron chi connectivity index (χ4n) is 2.59. The summed E-state index contributed by atoms with van der Waals surface area (Å²) in [5.74, 6) is -1.61. The minimum Gasteiger partial charge on any atom is -0.477 e. The Kier molecular flexibility index (Phi) is 9.74. The summed E-state index contributed by atoms with van der Waals surface area (Å²) < 4.78 is 0. The minimum atomic E-state index is -1.21. The van der Waals surface area contributed by atoms with Crippen LogP contribution < -0.4 is 22.2 Å². The number of pyridine rings is 2. The van der Waals surface area contributed by atoms with Crippen molar-refractivity contribution in [1.82, 2.24) is 9.97 Å². The normalized spacial score (nSPS) is 9.54. The summed E-state index contributed by atoms with van der Waals surface area (Å²) in [6, 6.07) is 21.0. The first-order valence-corrected chi connectivity index (χ1v) is 10.5. The number of aromatic amines is 2. The summed E-state index contributed by atoms with van der Waals surface area (Å²) in [7, 11) is 0. The van der Waals surface area contributed by atoms with Gasteiger partial charge in [-0.3, -0.25) is 14.4 Å². The highest BCUT2D eigenvalue weighted by Crippen LogP contribution is 2.09. The number of amides is 1. The number of carbonyl (C=O) groups is 2. The third kappa shape index (κ3) is 8.85. The van der Waals surface area contributed by atoms with Crippen LogP contribution in [-0.2, 0) is 0 Å². The van der Waals surface area contributed by atoms with E-state index in [1.807, 2.05) is 50.2 Å². The number of carboxylic acids is 1. The van der Waals surface area contributed by atoms with Crippen LogP contribution in [0.1, 0.15) is 31.8 Å². The van der Waals surface area contributed by atoms with Gasteiger partial charge in [0.2, 0.25) is 0 Å². The highest BCUT2D eigenvalue weighted by atomic mass is 16.4. The molecule has 9 heteroatoms. The van der Waals surface area contributed by atoms with E-state index in [9.17, 15) is 19.2 Å². The first-order valence-electron chi connectivity index (χ1n) is 10.5. The lowest BCUT2D eigenvalue weighted by Gasteiger charge is -2.04. The quantitative estimate of drug-likeness (QED) is 0.286. The van der Waals surface area contributed by atoms with Crippen molar-refractivity contribution < 1.29 is 14.7 Å². The zero-order chi connectivity index (χ0) is 25.8. The number of hydrogen-bond acceptors (Lipinski definition) is 5. The summed E-state index contributed by atoms with van der Waals surface area (Å²) in [4.78, 5) is 48.7. The fourth-order valence-corrected chi connectivity index (χ4v) is 2.59. The van der Waals surface area contributed by atoms with Gasteiger partial charge >= 0.3 is 5.97 Å². The van der Waals surface area contributed by atoms with E-state index in [1.165, 1.54) is 36.2 Å². The topological polar surface area (TPSA) is 158 Å². The molecule has 4 rings (SSSR count). The first-order chi connectivity index (χ1) is 16.7. The number of carbonyl (C=O) groups excluding carboxylic acids is 1. The second-order valence-corrected chi connectivity index (χ2v) is 7.36. The van der Waals surface area contributed by atoms with Crippen LogP contribution in [0.4, 0.5) is 11.4 Å².